The zero-order valence-corrected chi connectivity index (χ0v) is 9.82. The number of rotatable bonds is 5. The molecule has 0 radical (unpaired) electrons. The number of carboxylic acids is 1. The lowest BCUT2D eigenvalue weighted by atomic mass is 10.1. The van der Waals surface area contributed by atoms with Gasteiger partial charge < -0.3 is 15.2 Å². The van der Waals surface area contributed by atoms with E-state index in [2.05, 4.69) is 10.1 Å². The number of amides is 1. The van der Waals surface area contributed by atoms with Crippen molar-refractivity contribution in [1.29, 1.82) is 0 Å². The van der Waals surface area contributed by atoms with Gasteiger partial charge in [0.2, 0.25) is 5.91 Å². The fourth-order valence-corrected chi connectivity index (χ4v) is 1.29. The molecule has 0 spiro atoms. The summed E-state index contributed by atoms with van der Waals surface area (Å²) in [5.41, 5.74) is 2.70. The number of ether oxygens (including phenoxy) is 1. The number of carbonyl (C=O) groups is 2. The number of anilines is 1. The summed E-state index contributed by atoms with van der Waals surface area (Å²) in [6, 6.07) is 5.71. The number of benzene rings is 1. The van der Waals surface area contributed by atoms with Gasteiger partial charge in [0.1, 0.15) is 13.2 Å². The lowest BCUT2D eigenvalue weighted by molar-refractivity contribution is -0.143. The van der Waals surface area contributed by atoms with Gasteiger partial charge in [0.15, 0.2) is 0 Å². The molecule has 0 aliphatic carbocycles. The second-order valence-electron chi connectivity index (χ2n) is 3.75. The van der Waals surface area contributed by atoms with E-state index >= 15 is 0 Å². The van der Waals surface area contributed by atoms with Crippen LogP contribution in [0.3, 0.4) is 0 Å². The maximum absolute atomic E-state index is 11.4. The van der Waals surface area contributed by atoms with E-state index in [0.29, 0.717) is 5.69 Å². The second-order valence-corrected chi connectivity index (χ2v) is 3.75. The van der Waals surface area contributed by atoms with Crippen molar-refractivity contribution < 1.29 is 19.4 Å². The van der Waals surface area contributed by atoms with Crippen molar-refractivity contribution in [2.24, 2.45) is 0 Å². The van der Waals surface area contributed by atoms with Gasteiger partial charge in [0, 0.05) is 5.69 Å². The van der Waals surface area contributed by atoms with Crippen LogP contribution in [0.25, 0.3) is 0 Å². The Morgan fingerprint density at radius 2 is 2.00 bits per heavy atom. The Morgan fingerprint density at radius 1 is 1.29 bits per heavy atom. The first-order valence-electron chi connectivity index (χ1n) is 5.15. The van der Waals surface area contributed by atoms with Crippen molar-refractivity contribution in [3.63, 3.8) is 0 Å². The van der Waals surface area contributed by atoms with Gasteiger partial charge >= 0.3 is 5.97 Å². The van der Waals surface area contributed by atoms with E-state index in [1.807, 2.05) is 32.0 Å². The molecule has 1 aromatic rings. The summed E-state index contributed by atoms with van der Waals surface area (Å²) in [6.45, 7) is 3.07. The smallest absolute Gasteiger partial charge is 0.329 e. The van der Waals surface area contributed by atoms with Crippen LogP contribution in [0.1, 0.15) is 11.1 Å². The van der Waals surface area contributed by atoms with E-state index in [0.717, 1.165) is 11.1 Å². The van der Waals surface area contributed by atoms with E-state index in [9.17, 15) is 9.59 Å². The Labute approximate surface area is 99.4 Å². The summed E-state index contributed by atoms with van der Waals surface area (Å²) in [4.78, 5) is 21.6. The topological polar surface area (TPSA) is 75.6 Å². The molecule has 0 saturated heterocycles. The molecule has 2 N–H and O–H groups in total. The van der Waals surface area contributed by atoms with E-state index in [-0.39, 0.29) is 12.5 Å². The first-order chi connectivity index (χ1) is 7.99. The average molecular weight is 237 g/mol. The van der Waals surface area contributed by atoms with Crippen LogP contribution in [0, 0.1) is 13.8 Å². The molecule has 17 heavy (non-hydrogen) atoms. The van der Waals surface area contributed by atoms with E-state index < -0.39 is 12.6 Å². The van der Waals surface area contributed by atoms with E-state index in [1.54, 1.807) is 0 Å². The maximum atomic E-state index is 11.4. The van der Waals surface area contributed by atoms with Gasteiger partial charge in [-0.25, -0.2) is 4.79 Å². The molecular weight excluding hydrogens is 222 g/mol. The third kappa shape index (κ3) is 4.65. The Kier molecular flexibility index (Phi) is 4.66. The third-order valence-electron chi connectivity index (χ3n) is 2.13. The molecule has 0 unspecified atom stereocenters. The molecule has 0 atom stereocenters. The van der Waals surface area contributed by atoms with Gasteiger partial charge in [0.25, 0.3) is 0 Å². The van der Waals surface area contributed by atoms with Crippen LogP contribution in [-0.4, -0.2) is 30.2 Å². The van der Waals surface area contributed by atoms with Crippen LogP contribution in [0.2, 0.25) is 0 Å². The number of aliphatic carboxylic acids is 1. The molecule has 0 aromatic heterocycles. The summed E-state index contributed by atoms with van der Waals surface area (Å²) in [7, 11) is 0. The Balaban J connectivity index is 2.50. The molecular formula is C12H15NO4. The minimum atomic E-state index is -1.09. The Morgan fingerprint density at radius 3 is 2.65 bits per heavy atom. The second kappa shape index (κ2) is 6.00. The lowest BCUT2D eigenvalue weighted by Gasteiger charge is -2.09. The van der Waals surface area contributed by atoms with Crippen molar-refractivity contribution >= 4 is 17.6 Å². The minimum absolute atomic E-state index is 0.264. The predicted molar refractivity (Wildman–Crippen MR) is 63.0 cm³/mol. The summed E-state index contributed by atoms with van der Waals surface area (Å²) < 4.78 is 4.69. The molecule has 0 fully saturated rings. The largest absolute Gasteiger partial charge is 0.480 e. The molecule has 0 bridgehead atoms. The van der Waals surface area contributed by atoms with Gasteiger partial charge in [0.05, 0.1) is 0 Å². The molecule has 92 valence electrons. The predicted octanol–water partition coefficient (Wildman–Crippen LogP) is 1.34. The van der Waals surface area contributed by atoms with Crippen LogP contribution in [0.15, 0.2) is 18.2 Å². The molecule has 0 aliphatic rings. The number of carboxylic acid groups (broad SMARTS) is 1. The number of carbonyl (C=O) groups excluding carboxylic acids is 1. The van der Waals surface area contributed by atoms with Gasteiger partial charge in [-0.05, 0) is 31.0 Å². The molecule has 0 saturated carbocycles. The Hall–Kier alpha value is -1.88. The van der Waals surface area contributed by atoms with Crippen molar-refractivity contribution in [3.8, 4) is 0 Å². The molecule has 5 nitrogen and oxygen atoms in total. The number of hydrogen-bond acceptors (Lipinski definition) is 3. The third-order valence-corrected chi connectivity index (χ3v) is 2.13. The maximum Gasteiger partial charge on any atom is 0.329 e. The van der Waals surface area contributed by atoms with Crippen molar-refractivity contribution in [1.82, 2.24) is 0 Å². The molecule has 1 aromatic carbocycles. The van der Waals surface area contributed by atoms with Crippen molar-refractivity contribution in [3.05, 3.63) is 29.3 Å². The van der Waals surface area contributed by atoms with Gasteiger partial charge in [-0.3, -0.25) is 4.79 Å². The van der Waals surface area contributed by atoms with Gasteiger partial charge in [-0.1, -0.05) is 12.1 Å². The summed E-state index contributed by atoms with van der Waals surface area (Å²) in [6.07, 6.45) is 0. The monoisotopic (exact) mass is 237 g/mol. The standard InChI is InChI=1S/C12H15NO4/c1-8-3-4-9(2)10(5-8)13-11(14)6-17-7-12(15)16/h3-5H,6-7H2,1-2H3,(H,13,14)(H,15,16). The Bertz CT molecular complexity index is 429. The molecule has 5 heteroatoms. The highest BCUT2D eigenvalue weighted by atomic mass is 16.5. The first-order valence-corrected chi connectivity index (χ1v) is 5.15. The fourth-order valence-electron chi connectivity index (χ4n) is 1.29. The highest BCUT2D eigenvalue weighted by Crippen LogP contribution is 2.15. The van der Waals surface area contributed by atoms with Gasteiger partial charge in [-0.15, -0.1) is 0 Å². The molecule has 0 aliphatic heterocycles. The van der Waals surface area contributed by atoms with Crippen LogP contribution in [0.5, 0.6) is 0 Å². The van der Waals surface area contributed by atoms with Crippen molar-refractivity contribution in [2.45, 2.75) is 13.8 Å². The average Bonchev–Trinajstić information content (AvgIpc) is 2.23. The molecule has 1 rings (SSSR count). The zero-order chi connectivity index (χ0) is 12.8. The normalized spacial score (nSPS) is 10.0. The summed E-state index contributed by atoms with van der Waals surface area (Å²) in [5.74, 6) is -1.45. The minimum Gasteiger partial charge on any atom is -0.480 e. The fraction of sp³-hybridized carbons (Fsp3) is 0.333. The SMILES string of the molecule is Cc1ccc(C)c(NC(=O)COCC(=O)O)c1. The van der Waals surface area contributed by atoms with Crippen LogP contribution < -0.4 is 5.32 Å². The molecule has 1 amide bonds. The lowest BCUT2D eigenvalue weighted by Crippen LogP contribution is -2.21. The summed E-state index contributed by atoms with van der Waals surface area (Å²) >= 11 is 0. The van der Waals surface area contributed by atoms with Crippen LogP contribution in [0.4, 0.5) is 5.69 Å². The first kappa shape index (κ1) is 13.2. The highest BCUT2D eigenvalue weighted by Gasteiger charge is 2.06. The molecule has 0 heterocycles. The van der Waals surface area contributed by atoms with E-state index in [4.69, 9.17) is 5.11 Å². The van der Waals surface area contributed by atoms with E-state index in [1.165, 1.54) is 0 Å². The number of hydrogen-bond donors (Lipinski definition) is 2. The zero-order valence-electron chi connectivity index (χ0n) is 9.82. The summed E-state index contributed by atoms with van der Waals surface area (Å²) in [5, 5.41) is 11.0. The van der Waals surface area contributed by atoms with Gasteiger partial charge in [-0.2, -0.15) is 0 Å². The number of aryl methyl sites for hydroxylation is 2. The van der Waals surface area contributed by atoms with Crippen LogP contribution in [-0.2, 0) is 14.3 Å². The quantitative estimate of drug-likeness (QED) is 0.810. The number of nitrogens with one attached hydrogen (secondary N) is 1. The van der Waals surface area contributed by atoms with Crippen molar-refractivity contribution in [2.75, 3.05) is 18.5 Å². The highest BCUT2D eigenvalue weighted by molar-refractivity contribution is 5.92. The van der Waals surface area contributed by atoms with Crippen LogP contribution >= 0.6 is 0 Å².